The number of hydrogen-bond acceptors (Lipinski definition) is 6. The van der Waals surface area contributed by atoms with Gasteiger partial charge < -0.3 is 9.72 Å². The fourth-order valence-electron chi connectivity index (χ4n) is 5.09. The van der Waals surface area contributed by atoms with E-state index < -0.39 is 10.0 Å². The van der Waals surface area contributed by atoms with Gasteiger partial charge in [0.1, 0.15) is 5.82 Å². The highest BCUT2D eigenvalue weighted by molar-refractivity contribution is 7.90. The first-order valence-electron chi connectivity index (χ1n) is 11.1. The maximum Gasteiger partial charge on any atom is 0.255 e. The fraction of sp³-hybridized carbons (Fsp3) is 0.619. The van der Waals surface area contributed by atoms with Crippen LogP contribution in [0.1, 0.15) is 57.2 Å². The molecule has 0 amide bonds. The van der Waals surface area contributed by atoms with E-state index in [1.807, 2.05) is 12.3 Å². The summed E-state index contributed by atoms with van der Waals surface area (Å²) in [7, 11) is -3.52. The molecule has 3 aromatic rings. The van der Waals surface area contributed by atoms with Gasteiger partial charge in [-0.15, -0.1) is 10.2 Å². The van der Waals surface area contributed by atoms with Crippen LogP contribution in [0.5, 0.6) is 0 Å². The molecule has 9 nitrogen and oxygen atoms in total. The number of aromatic nitrogens is 5. The Morgan fingerprint density at radius 2 is 2.23 bits per heavy atom. The van der Waals surface area contributed by atoms with Crippen molar-refractivity contribution < 1.29 is 13.2 Å². The molecule has 2 aliphatic rings. The molecule has 4 heterocycles. The number of sulfonamides is 1. The molecule has 1 saturated carbocycles. The molecule has 5 rings (SSSR count). The van der Waals surface area contributed by atoms with Gasteiger partial charge in [0, 0.05) is 24.9 Å². The van der Waals surface area contributed by atoms with Crippen LogP contribution in [0.15, 0.2) is 22.9 Å². The lowest BCUT2D eigenvalue weighted by Gasteiger charge is -2.21. The first-order chi connectivity index (χ1) is 15.0. The molecule has 1 saturated heterocycles. The van der Waals surface area contributed by atoms with Crippen LogP contribution >= 0.6 is 0 Å². The predicted molar refractivity (Wildman–Crippen MR) is 118 cm³/mol. The van der Waals surface area contributed by atoms with Crippen molar-refractivity contribution in [2.75, 3.05) is 12.4 Å². The molecule has 31 heavy (non-hydrogen) atoms. The van der Waals surface area contributed by atoms with Gasteiger partial charge in [0.15, 0.2) is 11.3 Å². The van der Waals surface area contributed by atoms with Crippen LogP contribution in [0.4, 0.5) is 0 Å². The average Bonchev–Trinajstić information content (AvgIpc) is 3.49. The number of rotatable bonds is 6. The second kappa shape index (κ2) is 8.31. The van der Waals surface area contributed by atoms with Gasteiger partial charge in [-0.05, 0) is 50.0 Å². The first-order valence-corrected chi connectivity index (χ1v) is 12.7. The molecule has 1 aliphatic carbocycles. The minimum atomic E-state index is -3.52. The van der Waals surface area contributed by atoms with Gasteiger partial charge in [-0.25, -0.2) is 13.4 Å². The van der Waals surface area contributed by atoms with Gasteiger partial charge in [0.25, 0.3) is 10.0 Å². The second-order valence-corrected chi connectivity index (χ2v) is 10.4. The molecule has 3 aromatic heterocycles. The van der Waals surface area contributed by atoms with Crippen LogP contribution < -0.4 is 0 Å². The molecule has 0 aromatic carbocycles. The summed E-state index contributed by atoms with van der Waals surface area (Å²) in [4.78, 5) is 7.53. The third-order valence-corrected chi connectivity index (χ3v) is 7.89. The number of nitrogens with zero attached hydrogens (tertiary/aromatic N) is 5. The van der Waals surface area contributed by atoms with Crippen LogP contribution in [0, 0.1) is 11.8 Å². The molecule has 166 valence electrons. The maximum absolute atomic E-state index is 12.5. The highest BCUT2D eigenvalue weighted by Crippen LogP contribution is 2.44. The van der Waals surface area contributed by atoms with E-state index in [0.29, 0.717) is 12.5 Å². The quantitative estimate of drug-likeness (QED) is 0.584. The lowest BCUT2D eigenvalue weighted by Crippen LogP contribution is -2.27. The summed E-state index contributed by atoms with van der Waals surface area (Å²) < 4.78 is 36.7. The fourth-order valence-corrected chi connectivity index (χ4v) is 6.27. The van der Waals surface area contributed by atoms with E-state index >= 15 is 0 Å². The predicted octanol–water partition coefficient (Wildman–Crippen LogP) is 3.10. The van der Waals surface area contributed by atoms with Gasteiger partial charge in [-0.1, -0.05) is 13.3 Å². The largest absolute Gasteiger partial charge is 0.377 e. The number of aromatic amines is 1. The summed E-state index contributed by atoms with van der Waals surface area (Å²) >= 11 is 0. The molecule has 10 heteroatoms. The second-order valence-electron chi connectivity index (χ2n) is 8.72. The minimum Gasteiger partial charge on any atom is -0.377 e. The zero-order chi connectivity index (χ0) is 21.4. The normalized spacial score (nSPS) is 27.6. The zero-order valence-electron chi connectivity index (χ0n) is 17.6. The van der Waals surface area contributed by atoms with Crippen LogP contribution in [0.3, 0.4) is 0 Å². The van der Waals surface area contributed by atoms with Crippen molar-refractivity contribution in [2.45, 2.75) is 57.5 Å². The minimum absolute atomic E-state index is 0.0237. The molecule has 4 atom stereocenters. The van der Waals surface area contributed by atoms with E-state index in [1.54, 1.807) is 12.4 Å². The summed E-state index contributed by atoms with van der Waals surface area (Å²) in [5, 5.41) is 8.84. The van der Waals surface area contributed by atoms with E-state index in [9.17, 15) is 8.42 Å². The molecular weight excluding hydrogens is 416 g/mol. The van der Waals surface area contributed by atoms with Gasteiger partial charge >= 0.3 is 0 Å². The van der Waals surface area contributed by atoms with Crippen molar-refractivity contribution in [3.8, 4) is 0 Å². The standard InChI is InChI=1S/C21H28N6O3S/c1-2-15-9-14(11-24-31(28,29)13-16-5-3-4-8-30-16)10-17(15)21-26-25-19-12-23-20-18(27(19)21)6-7-22-20/h6-7,11-12,14-17,22H,2-5,8-10,13H2,1H3/t14?,15-,16?,17+/m1/s1. The van der Waals surface area contributed by atoms with Crippen molar-refractivity contribution in [1.82, 2.24) is 24.6 Å². The summed E-state index contributed by atoms with van der Waals surface area (Å²) in [6, 6.07) is 1.98. The Morgan fingerprint density at radius 1 is 1.32 bits per heavy atom. The Bertz CT molecular complexity index is 1190. The van der Waals surface area contributed by atoms with Crippen LogP contribution in [0.2, 0.25) is 0 Å². The van der Waals surface area contributed by atoms with Gasteiger partial charge in [0.2, 0.25) is 0 Å². The Morgan fingerprint density at radius 3 is 3.03 bits per heavy atom. The van der Waals surface area contributed by atoms with E-state index in [-0.39, 0.29) is 23.7 Å². The third kappa shape index (κ3) is 4.10. The molecule has 1 N–H and O–H groups in total. The number of fused-ring (bicyclic) bond motifs is 3. The Labute approximate surface area is 181 Å². The van der Waals surface area contributed by atoms with E-state index in [4.69, 9.17) is 4.74 Å². The molecule has 0 radical (unpaired) electrons. The van der Waals surface area contributed by atoms with Crippen molar-refractivity contribution in [3.05, 3.63) is 24.3 Å². The molecular formula is C21H28N6O3S. The lowest BCUT2D eigenvalue weighted by atomic mass is 9.93. The zero-order valence-corrected chi connectivity index (χ0v) is 18.5. The summed E-state index contributed by atoms with van der Waals surface area (Å²) in [5.41, 5.74) is 2.48. The number of H-pyrrole nitrogens is 1. The maximum atomic E-state index is 12.5. The molecule has 0 spiro atoms. The van der Waals surface area contributed by atoms with Gasteiger partial charge in [0.05, 0.1) is 23.6 Å². The summed E-state index contributed by atoms with van der Waals surface area (Å²) in [5.74, 6) is 1.59. The van der Waals surface area contributed by atoms with E-state index in [1.165, 1.54) is 0 Å². The smallest absolute Gasteiger partial charge is 0.255 e. The Balaban J connectivity index is 1.36. The molecule has 0 bridgehead atoms. The highest BCUT2D eigenvalue weighted by atomic mass is 32.2. The van der Waals surface area contributed by atoms with Crippen LogP contribution in [-0.4, -0.2) is 57.7 Å². The molecule has 2 unspecified atom stereocenters. The Hall–Kier alpha value is -2.33. The Kier molecular flexibility index (Phi) is 5.51. The monoisotopic (exact) mass is 444 g/mol. The van der Waals surface area contributed by atoms with Crippen molar-refractivity contribution in [2.24, 2.45) is 16.2 Å². The lowest BCUT2D eigenvalue weighted by molar-refractivity contribution is 0.0305. The number of hydrogen-bond donors (Lipinski definition) is 1. The van der Waals surface area contributed by atoms with E-state index in [0.717, 1.165) is 61.2 Å². The van der Waals surface area contributed by atoms with Gasteiger partial charge in [-0.2, -0.15) is 4.40 Å². The number of ether oxygens (including phenoxy) is 1. The van der Waals surface area contributed by atoms with Crippen molar-refractivity contribution >= 4 is 33.0 Å². The molecule has 2 fully saturated rings. The topological polar surface area (TPSA) is 115 Å². The summed E-state index contributed by atoms with van der Waals surface area (Å²) in [6.45, 7) is 2.81. The van der Waals surface area contributed by atoms with Crippen LogP contribution in [-0.2, 0) is 14.8 Å². The summed E-state index contributed by atoms with van der Waals surface area (Å²) in [6.07, 6.45) is 10.5. The van der Waals surface area contributed by atoms with Crippen LogP contribution in [0.25, 0.3) is 16.8 Å². The van der Waals surface area contributed by atoms with Gasteiger partial charge in [-0.3, -0.25) is 4.40 Å². The highest BCUT2D eigenvalue weighted by Gasteiger charge is 2.37. The SMILES string of the molecule is CC[C@@H]1CC(C=NS(=O)(=O)CC2CCCCO2)C[C@@H]1c1nnc2cnc3[nH]ccc3n12. The third-order valence-electron chi connectivity index (χ3n) is 6.66. The molecule has 1 aliphatic heterocycles. The average molecular weight is 445 g/mol. The van der Waals surface area contributed by atoms with Crippen molar-refractivity contribution in [3.63, 3.8) is 0 Å². The number of nitrogens with one attached hydrogen (secondary N) is 1. The van der Waals surface area contributed by atoms with E-state index in [2.05, 4.69) is 35.9 Å². The first kappa shape index (κ1) is 20.6. The van der Waals surface area contributed by atoms with Crippen molar-refractivity contribution in [1.29, 1.82) is 0 Å².